The predicted octanol–water partition coefficient (Wildman–Crippen LogP) is 2.32. The molecule has 2 aromatic rings. The number of anilines is 1. The number of rotatable bonds is 1. The van der Waals surface area contributed by atoms with Gasteiger partial charge < -0.3 is 14.5 Å². The number of nitrogens with zero attached hydrogens (tertiary/aromatic N) is 5. The van der Waals surface area contributed by atoms with Gasteiger partial charge in [0.2, 0.25) is 5.95 Å². The first-order valence-corrected chi connectivity index (χ1v) is 9.67. The second-order valence-corrected chi connectivity index (χ2v) is 9.16. The molecule has 0 radical (unpaired) electrons. The van der Waals surface area contributed by atoms with Crippen LogP contribution in [0.25, 0.3) is 11.0 Å². The Labute approximate surface area is 164 Å². The highest BCUT2D eigenvalue weighted by molar-refractivity contribution is 5.75. The number of aromatic amines is 1. The minimum Gasteiger partial charge on any atom is -0.444 e. The molecule has 1 aliphatic rings. The van der Waals surface area contributed by atoms with Crippen LogP contribution < -0.4 is 10.5 Å². The van der Waals surface area contributed by atoms with E-state index in [2.05, 4.69) is 10.1 Å². The summed E-state index contributed by atoms with van der Waals surface area (Å²) in [5.74, 6) is 0.509. The summed E-state index contributed by atoms with van der Waals surface area (Å²) in [7, 11) is 0. The maximum Gasteiger partial charge on any atom is 0.410 e. The largest absolute Gasteiger partial charge is 0.444 e. The van der Waals surface area contributed by atoms with Gasteiger partial charge in [0.15, 0.2) is 5.65 Å². The molecule has 0 bridgehead atoms. The lowest BCUT2D eigenvalue weighted by atomic mass is 10.1. The van der Waals surface area contributed by atoms with E-state index >= 15 is 0 Å². The number of aromatic nitrogens is 4. The fraction of sp³-hybridized carbons (Fsp3) is 0.684. The molecule has 9 heteroatoms. The average molecular weight is 390 g/mol. The van der Waals surface area contributed by atoms with Crippen molar-refractivity contribution in [2.24, 2.45) is 0 Å². The first-order valence-electron chi connectivity index (χ1n) is 9.67. The summed E-state index contributed by atoms with van der Waals surface area (Å²) in [6.45, 7) is 14.0. The zero-order chi connectivity index (χ0) is 20.7. The second-order valence-electron chi connectivity index (χ2n) is 9.16. The molecule has 3 rings (SSSR count). The maximum absolute atomic E-state index is 12.5. The van der Waals surface area contributed by atoms with Gasteiger partial charge in [-0.1, -0.05) is 0 Å². The molecule has 0 unspecified atom stereocenters. The Morgan fingerprint density at radius 1 is 1.11 bits per heavy atom. The molecule has 3 heterocycles. The third kappa shape index (κ3) is 4.28. The molecule has 1 amide bonds. The van der Waals surface area contributed by atoms with Gasteiger partial charge in [0.05, 0.1) is 11.7 Å². The van der Waals surface area contributed by atoms with Crippen molar-refractivity contribution in [3.63, 3.8) is 0 Å². The molecule has 0 atom stereocenters. The van der Waals surface area contributed by atoms with E-state index in [-0.39, 0.29) is 17.2 Å². The van der Waals surface area contributed by atoms with Crippen LogP contribution in [0.15, 0.2) is 11.0 Å². The van der Waals surface area contributed by atoms with Crippen molar-refractivity contribution >= 4 is 23.1 Å². The summed E-state index contributed by atoms with van der Waals surface area (Å²) in [6.07, 6.45) is 2.01. The van der Waals surface area contributed by atoms with Gasteiger partial charge in [-0.15, -0.1) is 0 Å². The van der Waals surface area contributed by atoms with Crippen LogP contribution in [0.5, 0.6) is 0 Å². The van der Waals surface area contributed by atoms with E-state index in [9.17, 15) is 9.59 Å². The van der Waals surface area contributed by atoms with Gasteiger partial charge in [-0.2, -0.15) is 10.1 Å². The van der Waals surface area contributed by atoms with Crippen LogP contribution in [0.4, 0.5) is 10.7 Å². The molecule has 1 fully saturated rings. The third-order valence-corrected chi connectivity index (χ3v) is 4.51. The number of carbonyl (C=O) groups is 1. The summed E-state index contributed by atoms with van der Waals surface area (Å²) >= 11 is 0. The molecule has 1 N–H and O–H groups in total. The van der Waals surface area contributed by atoms with Crippen LogP contribution in [0.3, 0.4) is 0 Å². The average Bonchev–Trinajstić information content (AvgIpc) is 2.83. The molecular weight excluding hydrogens is 360 g/mol. The SMILES string of the molecule is CC(C)(C)OC(=O)N1CCCN(c2nc3c(cnn3C(C)(C)C)c(=O)[nH]2)CC1. The first kappa shape index (κ1) is 20.2. The number of carbonyl (C=O) groups excluding carboxylic acids is 1. The first-order chi connectivity index (χ1) is 13.0. The lowest BCUT2D eigenvalue weighted by Crippen LogP contribution is -2.39. The molecule has 154 valence electrons. The Kier molecular flexibility index (Phi) is 5.12. The lowest BCUT2D eigenvalue weighted by Gasteiger charge is -2.26. The van der Waals surface area contributed by atoms with Crippen molar-refractivity contribution in [3.05, 3.63) is 16.6 Å². The van der Waals surface area contributed by atoms with Crippen LogP contribution in [0.1, 0.15) is 48.0 Å². The van der Waals surface area contributed by atoms with Crippen molar-refractivity contribution in [1.82, 2.24) is 24.6 Å². The molecule has 1 aliphatic heterocycles. The molecule has 0 aromatic carbocycles. The number of hydrogen-bond acceptors (Lipinski definition) is 6. The van der Waals surface area contributed by atoms with Crippen molar-refractivity contribution in [2.75, 3.05) is 31.1 Å². The molecule has 2 aromatic heterocycles. The molecule has 9 nitrogen and oxygen atoms in total. The molecule has 0 aliphatic carbocycles. The van der Waals surface area contributed by atoms with E-state index in [1.54, 1.807) is 15.8 Å². The van der Waals surface area contributed by atoms with Crippen LogP contribution >= 0.6 is 0 Å². The van der Waals surface area contributed by atoms with Gasteiger partial charge in [-0.3, -0.25) is 9.78 Å². The summed E-state index contributed by atoms with van der Waals surface area (Å²) in [4.78, 5) is 36.2. The minimum atomic E-state index is -0.522. The number of amides is 1. The highest BCUT2D eigenvalue weighted by Crippen LogP contribution is 2.20. The summed E-state index contributed by atoms with van der Waals surface area (Å²) in [5, 5.41) is 4.82. The highest BCUT2D eigenvalue weighted by atomic mass is 16.6. The van der Waals surface area contributed by atoms with E-state index < -0.39 is 5.60 Å². The fourth-order valence-corrected chi connectivity index (χ4v) is 3.19. The second kappa shape index (κ2) is 7.10. The van der Waals surface area contributed by atoms with E-state index in [0.29, 0.717) is 43.2 Å². The van der Waals surface area contributed by atoms with Gasteiger partial charge in [0.25, 0.3) is 5.56 Å². The van der Waals surface area contributed by atoms with Crippen molar-refractivity contribution in [3.8, 4) is 0 Å². The Hall–Kier alpha value is -2.58. The van der Waals surface area contributed by atoms with Crippen molar-refractivity contribution < 1.29 is 9.53 Å². The number of hydrogen-bond donors (Lipinski definition) is 1. The Morgan fingerprint density at radius 2 is 1.82 bits per heavy atom. The van der Waals surface area contributed by atoms with Crippen molar-refractivity contribution in [1.29, 1.82) is 0 Å². The van der Waals surface area contributed by atoms with E-state index in [1.165, 1.54) is 0 Å². The zero-order valence-corrected chi connectivity index (χ0v) is 17.6. The van der Waals surface area contributed by atoms with E-state index in [4.69, 9.17) is 9.72 Å². The van der Waals surface area contributed by atoms with Crippen molar-refractivity contribution in [2.45, 2.75) is 59.1 Å². The monoisotopic (exact) mass is 390 g/mol. The van der Waals surface area contributed by atoms with Gasteiger partial charge in [-0.25, -0.2) is 9.48 Å². The normalized spacial score (nSPS) is 16.4. The van der Waals surface area contributed by atoms with Crippen LogP contribution in [0.2, 0.25) is 0 Å². The van der Waals surface area contributed by atoms with Gasteiger partial charge >= 0.3 is 6.09 Å². The fourth-order valence-electron chi connectivity index (χ4n) is 3.19. The smallest absolute Gasteiger partial charge is 0.410 e. The minimum absolute atomic E-state index is 0.205. The number of fused-ring (bicyclic) bond motifs is 1. The number of nitrogens with one attached hydrogen (secondary N) is 1. The quantitative estimate of drug-likeness (QED) is 0.803. The molecular formula is C19H30N6O3. The van der Waals surface area contributed by atoms with Crippen LogP contribution in [0, 0.1) is 0 Å². The summed E-state index contributed by atoms with van der Waals surface area (Å²) in [6, 6.07) is 0. The maximum atomic E-state index is 12.5. The van der Waals surface area contributed by atoms with E-state index in [0.717, 1.165) is 6.42 Å². The summed E-state index contributed by atoms with van der Waals surface area (Å²) in [5.41, 5.74) is -0.443. The Balaban J connectivity index is 1.83. The molecule has 0 saturated carbocycles. The Bertz CT molecular complexity index is 918. The van der Waals surface area contributed by atoms with Gasteiger partial charge in [-0.05, 0) is 48.0 Å². The van der Waals surface area contributed by atoms with Crippen LogP contribution in [-0.4, -0.2) is 62.5 Å². The lowest BCUT2D eigenvalue weighted by molar-refractivity contribution is 0.0263. The molecule has 0 spiro atoms. The standard InChI is InChI=1S/C19H30N6O3/c1-18(2,3)25-14-13(12-20-25)15(26)22-16(21-14)23-8-7-9-24(11-10-23)17(27)28-19(4,5)6/h12H,7-11H2,1-6H3,(H,21,22,26). The zero-order valence-electron chi connectivity index (χ0n) is 17.6. The number of ether oxygens (including phenoxy) is 1. The summed E-state index contributed by atoms with van der Waals surface area (Å²) < 4.78 is 7.25. The van der Waals surface area contributed by atoms with Gasteiger partial charge in [0, 0.05) is 26.2 Å². The topological polar surface area (TPSA) is 96.3 Å². The van der Waals surface area contributed by atoms with Crippen LogP contribution in [-0.2, 0) is 10.3 Å². The Morgan fingerprint density at radius 3 is 2.46 bits per heavy atom. The van der Waals surface area contributed by atoms with E-state index in [1.807, 2.05) is 46.4 Å². The highest BCUT2D eigenvalue weighted by Gasteiger charge is 2.26. The van der Waals surface area contributed by atoms with Gasteiger partial charge in [0.1, 0.15) is 11.0 Å². The molecule has 1 saturated heterocycles. The predicted molar refractivity (Wildman–Crippen MR) is 108 cm³/mol. The molecule has 28 heavy (non-hydrogen) atoms. The number of H-pyrrole nitrogens is 1. The third-order valence-electron chi connectivity index (χ3n) is 4.51.